The van der Waals surface area contributed by atoms with Crippen molar-refractivity contribution in [3.63, 3.8) is 0 Å². The van der Waals surface area contributed by atoms with Crippen molar-refractivity contribution in [2.24, 2.45) is 11.7 Å². The van der Waals surface area contributed by atoms with Gasteiger partial charge in [-0.25, -0.2) is 0 Å². The van der Waals surface area contributed by atoms with E-state index in [-0.39, 0.29) is 0 Å². The van der Waals surface area contributed by atoms with E-state index in [1.807, 2.05) is 0 Å². The number of nitrogens with one attached hydrogen (secondary N) is 1. The highest BCUT2D eigenvalue weighted by Gasteiger charge is 2.26. The average Bonchev–Trinajstić information content (AvgIpc) is 1.80. The van der Waals surface area contributed by atoms with E-state index in [0.29, 0.717) is 6.04 Å². The van der Waals surface area contributed by atoms with Gasteiger partial charge in [0.2, 0.25) is 0 Å². The molecular formula is C9H18N2. The summed E-state index contributed by atoms with van der Waals surface area (Å²) in [6, 6.07) is 1.37. The third-order valence-corrected chi connectivity index (χ3v) is 3.07. The van der Waals surface area contributed by atoms with E-state index < -0.39 is 0 Å². The Kier molecular flexibility index (Phi) is 2.14. The molecule has 0 radical (unpaired) electrons. The maximum atomic E-state index is 5.69. The van der Waals surface area contributed by atoms with Crippen LogP contribution in [0.4, 0.5) is 0 Å². The second-order valence-electron chi connectivity index (χ2n) is 4.13. The minimum atomic E-state index is 0.517. The number of rotatable bonds is 3. The fourth-order valence-corrected chi connectivity index (χ4v) is 1.90. The third kappa shape index (κ3) is 1.74. The molecule has 64 valence electrons. The maximum absolute atomic E-state index is 5.69. The zero-order valence-electron chi connectivity index (χ0n) is 7.05. The predicted octanol–water partition coefficient (Wildman–Crippen LogP) is 0.866. The van der Waals surface area contributed by atoms with Gasteiger partial charge in [-0.15, -0.1) is 0 Å². The second-order valence-corrected chi connectivity index (χ2v) is 4.13. The highest BCUT2D eigenvalue weighted by atomic mass is 14.9. The molecule has 0 spiro atoms. The molecule has 11 heavy (non-hydrogen) atoms. The van der Waals surface area contributed by atoms with Crippen molar-refractivity contribution in [1.82, 2.24) is 5.32 Å². The summed E-state index contributed by atoms with van der Waals surface area (Å²) in [4.78, 5) is 0. The monoisotopic (exact) mass is 154 g/mol. The van der Waals surface area contributed by atoms with Crippen LogP contribution in [-0.4, -0.2) is 18.6 Å². The molecule has 2 heteroatoms. The minimum Gasteiger partial charge on any atom is -0.328 e. The molecule has 2 saturated carbocycles. The zero-order chi connectivity index (χ0) is 7.68. The molecule has 0 aromatic heterocycles. The fraction of sp³-hybridized carbons (Fsp3) is 1.00. The van der Waals surface area contributed by atoms with Crippen LogP contribution < -0.4 is 11.1 Å². The normalized spacial score (nSPS) is 37.9. The Labute approximate surface area is 68.5 Å². The largest absolute Gasteiger partial charge is 0.328 e. The van der Waals surface area contributed by atoms with Gasteiger partial charge in [-0.3, -0.25) is 0 Å². The number of hydrogen-bond donors (Lipinski definition) is 2. The van der Waals surface area contributed by atoms with E-state index >= 15 is 0 Å². The van der Waals surface area contributed by atoms with Gasteiger partial charge in [0, 0.05) is 12.1 Å². The molecule has 3 N–H and O–H groups in total. The van der Waals surface area contributed by atoms with Crippen molar-refractivity contribution < 1.29 is 0 Å². The zero-order valence-corrected chi connectivity index (χ0v) is 7.05. The van der Waals surface area contributed by atoms with Gasteiger partial charge in [-0.2, -0.15) is 0 Å². The molecule has 0 heterocycles. The van der Waals surface area contributed by atoms with Crippen LogP contribution in [0.25, 0.3) is 0 Å². The molecule has 0 aromatic carbocycles. The molecule has 0 saturated heterocycles. The average molecular weight is 154 g/mol. The van der Waals surface area contributed by atoms with Gasteiger partial charge < -0.3 is 11.1 Å². The Morgan fingerprint density at radius 1 is 1.27 bits per heavy atom. The third-order valence-electron chi connectivity index (χ3n) is 3.07. The lowest BCUT2D eigenvalue weighted by Gasteiger charge is -2.35. The van der Waals surface area contributed by atoms with Crippen LogP contribution in [0.1, 0.15) is 32.1 Å². The standard InChI is InChI=1S/C9H18N2/c10-8-4-7(5-8)6-11-9-2-1-3-9/h7-9,11H,1-6,10H2. The van der Waals surface area contributed by atoms with E-state index in [0.717, 1.165) is 12.0 Å². The van der Waals surface area contributed by atoms with Crippen molar-refractivity contribution in [1.29, 1.82) is 0 Å². The maximum Gasteiger partial charge on any atom is 0.00671 e. The molecule has 2 rings (SSSR count). The van der Waals surface area contributed by atoms with E-state index in [1.54, 1.807) is 0 Å². The van der Waals surface area contributed by atoms with E-state index in [1.165, 1.54) is 38.6 Å². The first-order valence-electron chi connectivity index (χ1n) is 4.83. The number of nitrogens with two attached hydrogens (primary N) is 1. The summed E-state index contributed by atoms with van der Waals surface area (Å²) in [6.45, 7) is 1.22. The Morgan fingerprint density at radius 3 is 2.45 bits per heavy atom. The lowest BCUT2D eigenvalue weighted by atomic mass is 9.80. The second kappa shape index (κ2) is 3.11. The molecule has 0 aromatic rings. The van der Waals surface area contributed by atoms with Crippen molar-refractivity contribution in [2.45, 2.75) is 44.2 Å². The minimum absolute atomic E-state index is 0.517. The first kappa shape index (κ1) is 7.56. The molecule has 0 aliphatic heterocycles. The van der Waals surface area contributed by atoms with Crippen LogP contribution in [0.5, 0.6) is 0 Å². The molecule has 0 unspecified atom stereocenters. The Bertz CT molecular complexity index is 126. The summed E-state index contributed by atoms with van der Waals surface area (Å²) in [5.41, 5.74) is 5.69. The van der Waals surface area contributed by atoms with E-state index in [4.69, 9.17) is 5.73 Å². The summed E-state index contributed by atoms with van der Waals surface area (Å²) in [5.74, 6) is 0.894. The Hall–Kier alpha value is -0.0800. The van der Waals surface area contributed by atoms with Crippen LogP contribution in [0.2, 0.25) is 0 Å². The summed E-state index contributed by atoms with van der Waals surface area (Å²) in [7, 11) is 0. The first-order chi connectivity index (χ1) is 5.34. The molecule has 2 aliphatic rings. The Balaban J connectivity index is 1.53. The summed E-state index contributed by atoms with van der Waals surface area (Å²) in [6.07, 6.45) is 6.73. The van der Waals surface area contributed by atoms with E-state index in [2.05, 4.69) is 5.32 Å². The quantitative estimate of drug-likeness (QED) is 0.633. The van der Waals surface area contributed by atoms with Gasteiger partial charge >= 0.3 is 0 Å². The van der Waals surface area contributed by atoms with Gasteiger partial charge in [0.05, 0.1) is 0 Å². The van der Waals surface area contributed by atoms with Crippen molar-refractivity contribution in [2.75, 3.05) is 6.54 Å². The van der Waals surface area contributed by atoms with Crippen LogP contribution in [0, 0.1) is 5.92 Å². The van der Waals surface area contributed by atoms with Crippen LogP contribution >= 0.6 is 0 Å². The molecule has 2 aliphatic carbocycles. The van der Waals surface area contributed by atoms with Gasteiger partial charge in [-0.1, -0.05) is 6.42 Å². The van der Waals surface area contributed by atoms with Gasteiger partial charge in [-0.05, 0) is 38.1 Å². The molecule has 2 nitrogen and oxygen atoms in total. The van der Waals surface area contributed by atoms with Crippen molar-refractivity contribution in [3.8, 4) is 0 Å². The number of hydrogen-bond acceptors (Lipinski definition) is 2. The predicted molar refractivity (Wildman–Crippen MR) is 46.3 cm³/mol. The van der Waals surface area contributed by atoms with E-state index in [9.17, 15) is 0 Å². The van der Waals surface area contributed by atoms with Gasteiger partial charge in [0.1, 0.15) is 0 Å². The summed E-state index contributed by atoms with van der Waals surface area (Å²) < 4.78 is 0. The van der Waals surface area contributed by atoms with Crippen LogP contribution in [0.3, 0.4) is 0 Å². The Morgan fingerprint density at radius 2 is 2.00 bits per heavy atom. The molecular weight excluding hydrogens is 136 g/mol. The fourth-order valence-electron chi connectivity index (χ4n) is 1.90. The summed E-state index contributed by atoms with van der Waals surface area (Å²) in [5, 5.41) is 3.59. The molecule has 0 bridgehead atoms. The summed E-state index contributed by atoms with van der Waals surface area (Å²) >= 11 is 0. The van der Waals surface area contributed by atoms with Crippen LogP contribution in [0.15, 0.2) is 0 Å². The van der Waals surface area contributed by atoms with Gasteiger partial charge in [0.15, 0.2) is 0 Å². The molecule has 0 atom stereocenters. The smallest absolute Gasteiger partial charge is 0.00671 e. The highest BCUT2D eigenvalue weighted by Crippen LogP contribution is 2.26. The first-order valence-corrected chi connectivity index (χ1v) is 4.83. The van der Waals surface area contributed by atoms with Gasteiger partial charge in [0.25, 0.3) is 0 Å². The molecule has 2 fully saturated rings. The highest BCUT2D eigenvalue weighted by molar-refractivity contribution is 4.85. The van der Waals surface area contributed by atoms with Crippen molar-refractivity contribution >= 4 is 0 Å². The van der Waals surface area contributed by atoms with Crippen LogP contribution in [-0.2, 0) is 0 Å². The van der Waals surface area contributed by atoms with Crippen molar-refractivity contribution in [3.05, 3.63) is 0 Å². The topological polar surface area (TPSA) is 38.0 Å². The lowest BCUT2D eigenvalue weighted by Crippen LogP contribution is -2.45. The SMILES string of the molecule is NC1CC(CNC2CCC2)C1. The molecule has 0 amide bonds. The lowest BCUT2D eigenvalue weighted by molar-refractivity contribution is 0.228.